The summed E-state index contributed by atoms with van der Waals surface area (Å²) < 4.78 is 16.8. The van der Waals surface area contributed by atoms with Gasteiger partial charge in [-0.1, -0.05) is 236 Å². The van der Waals surface area contributed by atoms with Gasteiger partial charge in [0.1, 0.15) is 13.2 Å². The van der Waals surface area contributed by atoms with Crippen LogP contribution in [0.4, 0.5) is 0 Å². The van der Waals surface area contributed by atoms with E-state index in [1.807, 2.05) is 0 Å². The molecule has 0 heterocycles. The van der Waals surface area contributed by atoms with Gasteiger partial charge >= 0.3 is 17.9 Å². The van der Waals surface area contributed by atoms with Crippen molar-refractivity contribution in [2.45, 2.75) is 271 Å². The molecular weight excluding hydrogens is 757 g/mol. The molecule has 0 aromatic carbocycles. The number of rotatable bonds is 47. The second-order valence-corrected chi connectivity index (χ2v) is 17.4. The summed E-state index contributed by atoms with van der Waals surface area (Å²) in [5.41, 5.74) is 0. The Bertz CT molecular complexity index is 1070. The lowest BCUT2D eigenvalue weighted by Gasteiger charge is -2.18. The third-order valence-corrected chi connectivity index (χ3v) is 11.3. The molecule has 0 aromatic heterocycles. The van der Waals surface area contributed by atoms with Crippen molar-refractivity contribution in [3.05, 3.63) is 48.6 Å². The van der Waals surface area contributed by atoms with E-state index >= 15 is 0 Å². The van der Waals surface area contributed by atoms with Gasteiger partial charge in [-0.2, -0.15) is 0 Å². The molecule has 0 amide bonds. The van der Waals surface area contributed by atoms with Gasteiger partial charge in [-0.25, -0.2) is 0 Å². The Hall–Kier alpha value is -2.63. The van der Waals surface area contributed by atoms with Crippen molar-refractivity contribution >= 4 is 17.9 Å². The molecule has 0 bridgehead atoms. The van der Waals surface area contributed by atoms with Crippen molar-refractivity contribution in [1.82, 2.24) is 0 Å². The summed E-state index contributed by atoms with van der Waals surface area (Å²) in [6.45, 7) is 6.51. The van der Waals surface area contributed by atoms with Crippen molar-refractivity contribution in [3.8, 4) is 0 Å². The average Bonchev–Trinajstić information content (AvgIpc) is 3.26. The Balaban J connectivity index is 4.40. The number of hydrogen-bond donors (Lipinski definition) is 0. The van der Waals surface area contributed by atoms with Crippen LogP contribution in [0, 0.1) is 0 Å². The molecule has 6 nitrogen and oxygen atoms in total. The van der Waals surface area contributed by atoms with Crippen LogP contribution in [0.5, 0.6) is 0 Å². The fourth-order valence-corrected chi connectivity index (χ4v) is 7.43. The van der Waals surface area contributed by atoms with Crippen molar-refractivity contribution in [3.63, 3.8) is 0 Å². The van der Waals surface area contributed by atoms with E-state index in [-0.39, 0.29) is 37.5 Å². The van der Waals surface area contributed by atoms with E-state index in [1.54, 1.807) is 0 Å². The van der Waals surface area contributed by atoms with Crippen molar-refractivity contribution in [1.29, 1.82) is 0 Å². The monoisotopic (exact) mass is 855 g/mol. The lowest BCUT2D eigenvalue weighted by molar-refractivity contribution is -0.167. The van der Waals surface area contributed by atoms with Crippen LogP contribution in [0.2, 0.25) is 0 Å². The summed E-state index contributed by atoms with van der Waals surface area (Å²) in [5, 5.41) is 0. The largest absolute Gasteiger partial charge is 0.462 e. The zero-order valence-corrected chi connectivity index (χ0v) is 40.4. The molecule has 0 spiro atoms. The number of carbonyl (C=O) groups excluding carboxylic acids is 3. The van der Waals surface area contributed by atoms with E-state index in [0.717, 1.165) is 77.0 Å². The predicted octanol–water partition coefficient (Wildman–Crippen LogP) is 17.1. The maximum atomic E-state index is 12.8. The van der Waals surface area contributed by atoms with E-state index < -0.39 is 6.10 Å². The van der Waals surface area contributed by atoms with Gasteiger partial charge < -0.3 is 14.2 Å². The first kappa shape index (κ1) is 58.4. The van der Waals surface area contributed by atoms with Crippen LogP contribution in [0.3, 0.4) is 0 Å². The summed E-state index contributed by atoms with van der Waals surface area (Å²) in [4.78, 5) is 37.9. The highest BCUT2D eigenvalue weighted by molar-refractivity contribution is 5.71. The zero-order valence-electron chi connectivity index (χ0n) is 40.4. The molecule has 0 saturated heterocycles. The molecule has 1 atom stereocenters. The van der Waals surface area contributed by atoms with E-state index in [0.29, 0.717) is 19.3 Å². The summed E-state index contributed by atoms with van der Waals surface area (Å²) in [6.07, 6.45) is 59.5. The quantitative estimate of drug-likeness (QED) is 0.0263. The number of esters is 3. The Morgan fingerprint density at radius 3 is 1.00 bits per heavy atom. The summed E-state index contributed by atoms with van der Waals surface area (Å²) in [6, 6.07) is 0. The molecule has 0 aliphatic heterocycles. The first-order valence-electron chi connectivity index (χ1n) is 26.1. The Labute approximate surface area is 378 Å². The highest BCUT2D eigenvalue weighted by Crippen LogP contribution is 2.16. The average molecular weight is 855 g/mol. The molecule has 0 saturated carbocycles. The standard InChI is InChI=1S/C55H98O6/c1-4-7-10-13-16-19-22-25-27-29-30-33-36-39-42-45-48-54(57)60-51-52(50-59-53(56)47-44-41-38-35-32-24-21-18-15-12-9-6-3)61-55(58)49-46-43-40-37-34-31-28-26-23-20-17-14-11-8-5-2/h8,11,17,20,26,28,34,37,52H,4-7,9-10,12-16,18-19,21-25,27,29-33,35-36,38-51H2,1-3H3/b11-8-,20-17-,28-26-,37-34-/t52-/m1/s1. The van der Waals surface area contributed by atoms with Gasteiger partial charge in [0.25, 0.3) is 0 Å². The Morgan fingerprint density at radius 2 is 0.639 bits per heavy atom. The first-order valence-corrected chi connectivity index (χ1v) is 26.1. The third-order valence-electron chi connectivity index (χ3n) is 11.3. The van der Waals surface area contributed by atoms with Crippen molar-refractivity contribution in [2.24, 2.45) is 0 Å². The molecule has 0 N–H and O–H groups in total. The minimum atomic E-state index is -0.789. The molecule has 0 unspecified atom stereocenters. The molecule has 0 fully saturated rings. The summed E-state index contributed by atoms with van der Waals surface area (Å²) >= 11 is 0. The van der Waals surface area contributed by atoms with Crippen LogP contribution in [0.15, 0.2) is 48.6 Å². The zero-order chi connectivity index (χ0) is 44.4. The molecule has 354 valence electrons. The van der Waals surface area contributed by atoms with E-state index in [4.69, 9.17) is 14.2 Å². The van der Waals surface area contributed by atoms with E-state index in [1.165, 1.54) is 141 Å². The number of unbranched alkanes of at least 4 members (excludes halogenated alkanes) is 28. The highest BCUT2D eigenvalue weighted by atomic mass is 16.6. The minimum Gasteiger partial charge on any atom is -0.462 e. The second kappa shape index (κ2) is 50.0. The van der Waals surface area contributed by atoms with Crippen LogP contribution in [-0.2, 0) is 28.6 Å². The lowest BCUT2D eigenvalue weighted by atomic mass is 10.0. The maximum absolute atomic E-state index is 12.8. The van der Waals surface area contributed by atoms with Crippen LogP contribution in [0.1, 0.15) is 265 Å². The molecule has 61 heavy (non-hydrogen) atoms. The first-order chi connectivity index (χ1) is 30.0. The van der Waals surface area contributed by atoms with Gasteiger partial charge in [0.2, 0.25) is 0 Å². The van der Waals surface area contributed by atoms with E-state index in [2.05, 4.69) is 69.4 Å². The molecule has 0 aromatic rings. The van der Waals surface area contributed by atoms with Crippen molar-refractivity contribution in [2.75, 3.05) is 13.2 Å². The molecule has 0 radical (unpaired) electrons. The van der Waals surface area contributed by atoms with Gasteiger partial charge in [0.15, 0.2) is 6.10 Å². The summed E-state index contributed by atoms with van der Waals surface area (Å²) in [7, 11) is 0. The predicted molar refractivity (Wildman–Crippen MR) is 261 cm³/mol. The molecular formula is C55H98O6. The minimum absolute atomic E-state index is 0.0860. The number of allylic oxidation sites excluding steroid dienone is 8. The van der Waals surface area contributed by atoms with Crippen LogP contribution >= 0.6 is 0 Å². The Kier molecular flexibility index (Phi) is 47.9. The number of carbonyl (C=O) groups is 3. The van der Waals surface area contributed by atoms with Crippen LogP contribution in [-0.4, -0.2) is 37.2 Å². The molecule has 0 aliphatic carbocycles. The summed E-state index contributed by atoms with van der Waals surface area (Å²) in [5.74, 6) is -0.918. The third kappa shape index (κ3) is 48.3. The smallest absolute Gasteiger partial charge is 0.306 e. The van der Waals surface area contributed by atoms with Gasteiger partial charge in [0, 0.05) is 19.3 Å². The van der Waals surface area contributed by atoms with Crippen LogP contribution in [0.25, 0.3) is 0 Å². The van der Waals surface area contributed by atoms with Gasteiger partial charge in [-0.15, -0.1) is 0 Å². The fraction of sp³-hybridized carbons (Fsp3) is 0.800. The maximum Gasteiger partial charge on any atom is 0.306 e. The van der Waals surface area contributed by atoms with Gasteiger partial charge in [0.05, 0.1) is 0 Å². The van der Waals surface area contributed by atoms with Gasteiger partial charge in [-0.3, -0.25) is 14.4 Å². The SMILES string of the molecule is CC/C=C\C/C=C\C/C=C\C/C=C\CCCCC(=O)O[C@H](COC(=O)CCCCCCCCCCCCCC)COC(=O)CCCCCCCCCCCCCCCCCC. The normalized spacial score (nSPS) is 12.4. The Morgan fingerprint density at radius 1 is 0.344 bits per heavy atom. The second-order valence-electron chi connectivity index (χ2n) is 17.4. The van der Waals surface area contributed by atoms with Gasteiger partial charge in [-0.05, 0) is 57.8 Å². The fourth-order valence-electron chi connectivity index (χ4n) is 7.43. The van der Waals surface area contributed by atoms with E-state index in [9.17, 15) is 14.4 Å². The molecule has 6 heteroatoms. The van der Waals surface area contributed by atoms with Crippen LogP contribution < -0.4 is 0 Å². The molecule has 0 rings (SSSR count). The lowest BCUT2D eigenvalue weighted by Crippen LogP contribution is -2.30. The number of ether oxygens (including phenoxy) is 3. The number of hydrogen-bond acceptors (Lipinski definition) is 6. The van der Waals surface area contributed by atoms with Crippen molar-refractivity contribution < 1.29 is 28.6 Å². The molecule has 0 aliphatic rings. The topological polar surface area (TPSA) is 78.9 Å². The highest BCUT2D eigenvalue weighted by Gasteiger charge is 2.19.